The Morgan fingerprint density at radius 2 is 2.21 bits per heavy atom. The van der Waals surface area contributed by atoms with Gasteiger partial charge in [-0.05, 0) is 37.5 Å². The minimum absolute atomic E-state index is 0.0925. The fourth-order valence-corrected chi connectivity index (χ4v) is 4.04. The summed E-state index contributed by atoms with van der Waals surface area (Å²) in [6.07, 6.45) is 8.65. The molecule has 0 radical (unpaired) electrons. The molecular weight excluding hydrogens is 326 g/mol. The molecule has 6 heteroatoms. The predicted octanol–water partition coefficient (Wildman–Crippen LogP) is 3.36. The fraction of sp³-hybridized carbons (Fsp3) is 0.444. The van der Waals surface area contributed by atoms with E-state index in [0.717, 1.165) is 31.6 Å². The molecule has 1 spiro atoms. The standard InChI is InChI=1S/C18H20ClN3O2/c19-14-4-3-5-15(10-14)22-12-13(11-20-22)17(23)21-16-6-9-24-18(16)7-1-2-8-18/h3-5,10-12,16H,1-2,6-9H2,(H,21,23). The van der Waals surface area contributed by atoms with Crippen molar-refractivity contribution in [1.29, 1.82) is 0 Å². The number of ether oxygens (including phenoxy) is 1. The van der Waals surface area contributed by atoms with E-state index < -0.39 is 0 Å². The lowest BCUT2D eigenvalue weighted by atomic mass is 9.92. The first-order valence-electron chi connectivity index (χ1n) is 8.42. The highest BCUT2D eigenvalue weighted by Crippen LogP contribution is 2.41. The van der Waals surface area contributed by atoms with E-state index in [1.165, 1.54) is 12.8 Å². The van der Waals surface area contributed by atoms with Crippen molar-refractivity contribution in [2.24, 2.45) is 0 Å². The number of amides is 1. The Kier molecular flexibility index (Phi) is 4.06. The van der Waals surface area contributed by atoms with Crippen LogP contribution in [-0.2, 0) is 4.74 Å². The highest BCUT2D eigenvalue weighted by atomic mass is 35.5. The highest BCUT2D eigenvalue weighted by molar-refractivity contribution is 6.30. The molecule has 2 aliphatic rings. The first-order valence-corrected chi connectivity index (χ1v) is 8.80. The van der Waals surface area contributed by atoms with Crippen LogP contribution in [0, 0.1) is 0 Å². The van der Waals surface area contributed by atoms with Gasteiger partial charge in [0.05, 0.1) is 29.1 Å². The zero-order chi connectivity index (χ0) is 16.6. The summed E-state index contributed by atoms with van der Waals surface area (Å²) < 4.78 is 7.65. The molecule has 1 N–H and O–H groups in total. The Bertz CT molecular complexity index is 747. The molecule has 1 amide bonds. The van der Waals surface area contributed by atoms with Crippen molar-refractivity contribution in [3.05, 3.63) is 47.2 Å². The maximum absolute atomic E-state index is 12.6. The van der Waals surface area contributed by atoms with Gasteiger partial charge in [-0.2, -0.15) is 5.10 Å². The zero-order valence-corrected chi connectivity index (χ0v) is 14.1. The normalized spacial score (nSPS) is 22.1. The van der Waals surface area contributed by atoms with Crippen molar-refractivity contribution >= 4 is 17.5 Å². The van der Waals surface area contributed by atoms with Gasteiger partial charge in [0.2, 0.25) is 0 Å². The van der Waals surface area contributed by atoms with Crippen LogP contribution >= 0.6 is 11.6 Å². The minimum atomic E-state index is -0.140. The van der Waals surface area contributed by atoms with Crippen LogP contribution in [0.4, 0.5) is 0 Å². The number of halogens is 1. The number of hydrogen-bond donors (Lipinski definition) is 1. The number of nitrogens with one attached hydrogen (secondary N) is 1. The molecule has 2 fully saturated rings. The summed E-state index contributed by atoms with van der Waals surface area (Å²) in [4.78, 5) is 12.6. The number of aromatic nitrogens is 2. The first kappa shape index (κ1) is 15.7. The molecule has 0 bridgehead atoms. The van der Waals surface area contributed by atoms with Crippen molar-refractivity contribution < 1.29 is 9.53 Å². The Morgan fingerprint density at radius 3 is 3.00 bits per heavy atom. The lowest BCUT2D eigenvalue weighted by Crippen LogP contribution is -2.48. The van der Waals surface area contributed by atoms with Crippen LogP contribution in [0.1, 0.15) is 42.5 Å². The number of carbonyl (C=O) groups is 1. The van der Waals surface area contributed by atoms with Gasteiger partial charge in [0.1, 0.15) is 0 Å². The summed E-state index contributed by atoms with van der Waals surface area (Å²) in [5.41, 5.74) is 1.24. The van der Waals surface area contributed by atoms with Crippen LogP contribution < -0.4 is 5.32 Å². The van der Waals surface area contributed by atoms with E-state index in [4.69, 9.17) is 16.3 Å². The fourth-order valence-electron chi connectivity index (χ4n) is 3.86. The Morgan fingerprint density at radius 1 is 1.38 bits per heavy atom. The second kappa shape index (κ2) is 6.22. The smallest absolute Gasteiger partial charge is 0.254 e. The molecule has 1 aromatic heterocycles. The second-order valence-electron chi connectivity index (χ2n) is 6.59. The number of rotatable bonds is 3. The van der Waals surface area contributed by atoms with Crippen molar-refractivity contribution in [2.75, 3.05) is 6.61 Å². The van der Waals surface area contributed by atoms with Crippen molar-refractivity contribution in [3.63, 3.8) is 0 Å². The van der Waals surface area contributed by atoms with Crippen molar-refractivity contribution in [2.45, 2.75) is 43.7 Å². The van der Waals surface area contributed by atoms with Gasteiger partial charge in [0.25, 0.3) is 5.91 Å². The molecule has 1 aromatic carbocycles. The third-order valence-electron chi connectivity index (χ3n) is 5.10. The largest absolute Gasteiger partial charge is 0.373 e. The average Bonchev–Trinajstić information content (AvgIpc) is 3.31. The third-order valence-corrected chi connectivity index (χ3v) is 5.34. The Balaban J connectivity index is 1.49. The van der Waals surface area contributed by atoms with Gasteiger partial charge in [0.15, 0.2) is 0 Å². The summed E-state index contributed by atoms with van der Waals surface area (Å²) in [5.74, 6) is -0.0925. The average molecular weight is 346 g/mol. The van der Waals surface area contributed by atoms with Gasteiger partial charge >= 0.3 is 0 Å². The molecule has 5 nitrogen and oxygen atoms in total. The van der Waals surface area contributed by atoms with Gasteiger partial charge in [-0.15, -0.1) is 0 Å². The van der Waals surface area contributed by atoms with Crippen molar-refractivity contribution in [1.82, 2.24) is 15.1 Å². The molecule has 1 unspecified atom stereocenters. The van der Waals surface area contributed by atoms with Crippen LogP contribution in [0.15, 0.2) is 36.7 Å². The van der Waals surface area contributed by atoms with Crippen molar-refractivity contribution in [3.8, 4) is 5.69 Å². The molecule has 1 saturated carbocycles. The molecule has 2 heterocycles. The van der Waals surface area contributed by atoms with E-state index >= 15 is 0 Å². The maximum Gasteiger partial charge on any atom is 0.254 e. The van der Waals surface area contributed by atoms with Crippen LogP contribution in [-0.4, -0.2) is 33.9 Å². The van der Waals surface area contributed by atoms with Crippen LogP contribution in [0.3, 0.4) is 0 Å². The third kappa shape index (κ3) is 2.82. The number of hydrogen-bond acceptors (Lipinski definition) is 3. The quantitative estimate of drug-likeness (QED) is 0.928. The predicted molar refractivity (Wildman–Crippen MR) is 91.6 cm³/mol. The molecule has 2 aromatic rings. The molecule has 1 aliphatic heterocycles. The summed E-state index contributed by atoms with van der Waals surface area (Å²) in [7, 11) is 0. The number of benzene rings is 1. The van der Waals surface area contributed by atoms with Gasteiger partial charge < -0.3 is 10.1 Å². The first-order chi connectivity index (χ1) is 11.7. The summed E-state index contributed by atoms with van der Waals surface area (Å²) >= 11 is 6.01. The molecule has 24 heavy (non-hydrogen) atoms. The second-order valence-corrected chi connectivity index (χ2v) is 7.02. The Labute approximate surface area is 145 Å². The molecule has 126 valence electrons. The SMILES string of the molecule is O=C(NC1CCOC12CCCC2)c1cnn(-c2cccc(Cl)c2)c1. The van der Waals surface area contributed by atoms with E-state index in [-0.39, 0.29) is 17.6 Å². The van der Waals surface area contributed by atoms with E-state index in [9.17, 15) is 4.79 Å². The molecule has 1 saturated heterocycles. The van der Waals surface area contributed by atoms with Crippen LogP contribution in [0.25, 0.3) is 5.69 Å². The highest BCUT2D eigenvalue weighted by Gasteiger charge is 2.46. The lowest BCUT2D eigenvalue weighted by molar-refractivity contribution is -0.00400. The molecular formula is C18H20ClN3O2. The number of carbonyl (C=O) groups excluding carboxylic acids is 1. The molecule has 4 rings (SSSR count). The van der Waals surface area contributed by atoms with E-state index in [0.29, 0.717) is 10.6 Å². The van der Waals surface area contributed by atoms with Crippen LogP contribution in [0.5, 0.6) is 0 Å². The van der Waals surface area contributed by atoms with E-state index in [2.05, 4.69) is 10.4 Å². The summed E-state index contributed by atoms with van der Waals surface area (Å²) in [6, 6.07) is 7.48. The minimum Gasteiger partial charge on any atom is -0.373 e. The van der Waals surface area contributed by atoms with Gasteiger partial charge in [-0.1, -0.05) is 30.5 Å². The zero-order valence-electron chi connectivity index (χ0n) is 13.4. The summed E-state index contributed by atoms with van der Waals surface area (Å²) in [5, 5.41) is 8.08. The lowest BCUT2D eigenvalue weighted by Gasteiger charge is -2.30. The molecule has 1 atom stereocenters. The van der Waals surface area contributed by atoms with Crippen LogP contribution in [0.2, 0.25) is 5.02 Å². The summed E-state index contributed by atoms with van der Waals surface area (Å²) in [6.45, 7) is 0.729. The topological polar surface area (TPSA) is 56.1 Å². The van der Waals surface area contributed by atoms with Gasteiger partial charge in [-0.25, -0.2) is 4.68 Å². The van der Waals surface area contributed by atoms with Gasteiger partial charge in [-0.3, -0.25) is 4.79 Å². The number of nitrogens with zero attached hydrogens (tertiary/aromatic N) is 2. The Hall–Kier alpha value is -1.85. The maximum atomic E-state index is 12.6. The monoisotopic (exact) mass is 345 g/mol. The van der Waals surface area contributed by atoms with E-state index in [1.807, 2.05) is 24.3 Å². The van der Waals surface area contributed by atoms with Gasteiger partial charge in [0, 0.05) is 17.8 Å². The van der Waals surface area contributed by atoms with E-state index in [1.54, 1.807) is 17.1 Å². The molecule has 1 aliphatic carbocycles.